The summed E-state index contributed by atoms with van der Waals surface area (Å²) in [6.07, 6.45) is 1.16. The monoisotopic (exact) mass is 341 g/mol. The van der Waals surface area contributed by atoms with Gasteiger partial charge in [-0.05, 0) is 45.9 Å². The fraction of sp³-hybridized carbons (Fsp3) is 0.500. The normalized spacial score (nSPS) is 19.3. The summed E-state index contributed by atoms with van der Waals surface area (Å²) < 4.78 is 45.2. The predicted molar refractivity (Wildman–Crippen MR) is 89.2 cm³/mol. The maximum absolute atomic E-state index is 11.7. The Morgan fingerprint density at radius 3 is 2.65 bits per heavy atom. The molecule has 0 saturated heterocycles. The lowest BCUT2D eigenvalue weighted by atomic mass is 9.85. The van der Waals surface area contributed by atoms with Crippen molar-refractivity contribution in [2.24, 2.45) is 0 Å². The number of rotatable bonds is 6. The van der Waals surface area contributed by atoms with Crippen LogP contribution in [-0.2, 0) is 20.5 Å². The quantitative estimate of drug-likeness (QED) is 0.636. The molecule has 1 heterocycles. The molecule has 1 aromatic rings. The van der Waals surface area contributed by atoms with E-state index in [9.17, 15) is 13.0 Å². The van der Waals surface area contributed by atoms with E-state index < -0.39 is 28.1 Å². The van der Waals surface area contributed by atoms with Gasteiger partial charge in [0.15, 0.2) is 0 Å². The van der Waals surface area contributed by atoms with Crippen molar-refractivity contribution in [3.8, 4) is 5.75 Å². The molecule has 0 aliphatic carbocycles. The van der Waals surface area contributed by atoms with Crippen LogP contribution >= 0.6 is 0 Å². The summed E-state index contributed by atoms with van der Waals surface area (Å²) in [6, 6.07) is 4.62. The van der Waals surface area contributed by atoms with E-state index in [1.54, 1.807) is 38.1 Å². The van der Waals surface area contributed by atoms with Crippen LogP contribution in [0.1, 0.15) is 33.3 Å². The van der Waals surface area contributed by atoms with E-state index >= 15 is 0 Å². The third-order valence-corrected chi connectivity index (χ3v) is 4.95. The molecule has 0 radical (unpaired) electrons. The first-order valence-corrected chi connectivity index (χ1v) is 8.79. The van der Waals surface area contributed by atoms with Crippen molar-refractivity contribution in [2.75, 3.05) is 10.9 Å². The molecule has 0 amide bonds. The lowest BCUT2D eigenvalue weighted by Gasteiger charge is -2.27. The van der Waals surface area contributed by atoms with Crippen LogP contribution in [0.3, 0.4) is 0 Å². The SMILES string of the molecule is C=CCOC1Oc2ccc(N(C(C)C)S(=O)(=O)O)cc2C1(C)C. The lowest BCUT2D eigenvalue weighted by molar-refractivity contribution is -0.0925. The van der Waals surface area contributed by atoms with Gasteiger partial charge in [0.1, 0.15) is 5.75 Å². The molecule has 1 atom stereocenters. The highest BCUT2D eigenvalue weighted by Crippen LogP contribution is 2.45. The molecule has 0 bridgehead atoms. The Labute approximate surface area is 137 Å². The maximum Gasteiger partial charge on any atom is 0.360 e. The highest BCUT2D eigenvalue weighted by atomic mass is 32.2. The minimum absolute atomic E-state index is 0.359. The van der Waals surface area contributed by atoms with Gasteiger partial charge < -0.3 is 9.47 Å². The van der Waals surface area contributed by atoms with Crippen LogP contribution in [0.15, 0.2) is 30.9 Å². The molecular weight excluding hydrogens is 318 g/mol. The molecule has 1 aromatic carbocycles. The molecule has 128 valence electrons. The first-order chi connectivity index (χ1) is 10.6. The Morgan fingerprint density at radius 1 is 1.48 bits per heavy atom. The van der Waals surface area contributed by atoms with E-state index in [1.165, 1.54) is 0 Å². The largest absolute Gasteiger partial charge is 0.464 e. The summed E-state index contributed by atoms with van der Waals surface area (Å²) in [6.45, 7) is 11.3. The van der Waals surface area contributed by atoms with Crippen LogP contribution in [0.2, 0.25) is 0 Å². The van der Waals surface area contributed by atoms with Crippen molar-refractivity contribution in [1.29, 1.82) is 0 Å². The van der Waals surface area contributed by atoms with Gasteiger partial charge in [-0.15, -0.1) is 6.58 Å². The number of hydrogen-bond donors (Lipinski definition) is 1. The zero-order valence-electron chi connectivity index (χ0n) is 13.8. The average Bonchev–Trinajstić information content (AvgIpc) is 2.66. The smallest absolute Gasteiger partial charge is 0.360 e. The Hall–Kier alpha value is -1.57. The molecule has 0 spiro atoms. The molecular formula is C16H23NO5S. The summed E-state index contributed by atoms with van der Waals surface area (Å²) in [5, 5.41) is 0. The predicted octanol–water partition coefficient (Wildman–Crippen LogP) is 2.90. The van der Waals surface area contributed by atoms with E-state index in [4.69, 9.17) is 9.47 Å². The number of anilines is 1. The zero-order chi connectivity index (χ0) is 17.4. The van der Waals surface area contributed by atoms with Crippen molar-refractivity contribution in [3.63, 3.8) is 0 Å². The molecule has 0 aromatic heterocycles. The van der Waals surface area contributed by atoms with E-state index in [2.05, 4.69) is 6.58 Å². The molecule has 2 rings (SSSR count). The first kappa shape index (κ1) is 17.8. The van der Waals surface area contributed by atoms with Crippen molar-refractivity contribution in [1.82, 2.24) is 0 Å². The summed E-state index contributed by atoms with van der Waals surface area (Å²) in [4.78, 5) is 0. The molecule has 1 N–H and O–H groups in total. The Kier molecular flexibility index (Phi) is 4.75. The van der Waals surface area contributed by atoms with Crippen LogP contribution < -0.4 is 9.04 Å². The summed E-state index contributed by atoms with van der Waals surface area (Å²) in [5.41, 5.74) is 0.761. The Balaban J connectivity index is 2.44. The van der Waals surface area contributed by atoms with Gasteiger partial charge in [0.05, 0.1) is 17.7 Å². The summed E-state index contributed by atoms with van der Waals surface area (Å²) >= 11 is 0. The lowest BCUT2D eigenvalue weighted by Crippen LogP contribution is -2.37. The van der Waals surface area contributed by atoms with Crippen LogP contribution in [-0.4, -0.2) is 31.9 Å². The van der Waals surface area contributed by atoms with Gasteiger partial charge in [0.2, 0.25) is 6.29 Å². The first-order valence-electron chi connectivity index (χ1n) is 7.39. The van der Waals surface area contributed by atoms with Crippen molar-refractivity contribution >= 4 is 16.0 Å². The van der Waals surface area contributed by atoms with Gasteiger partial charge >= 0.3 is 10.3 Å². The number of benzene rings is 1. The molecule has 1 aliphatic heterocycles. The second-order valence-electron chi connectivity index (χ2n) is 6.34. The van der Waals surface area contributed by atoms with Gasteiger partial charge in [-0.2, -0.15) is 8.42 Å². The fourth-order valence-corrected chi connectivity index (χ4v) is 3.66. The fourth-order valence-electron chi connectivity index (χ4n) is 2.75. The number of nitrogens with zero attached hydrogens (tertiary/aromatic N) is 1. The van der Waals surface area contributed by atoms with E-state index in [-0.39, 0.29) is 0 Å². The second kappa shape index (κ2) is 6.14. The van der Waals surface area contributed by atoms with Crippen molar-refractivity contribution < 1.29 is 22.4 Å². The third kappa shape index (κ3) is 3.36. The average molecular weight is 341 g/mol. The van der Waals surface area contributed by atoms with Crippen LogP contribution in [0.4, 0.5) is 5.69 Å². The van der Waals surface area contributed by atoms with Gasteiger partial charge in [-0.3, -0.25) is 4.55 Å². The molecule has 0 fully saturated rings. The highest BCUT2D eigenvalue weighted by Gasteiger charge is 2.43. The molecule has 7 heteroatoms. The summed E-state index contributed by atoms with van der Waals surface area (Å²) in [5.74, 6) is 0.645. The maximum atomic E-state index is 11.7. The van der Waals surface area contributed by atoms with E-state index in [1.807, 2.05) is 13.8 Å². The summed E-state index contributed by atoms with van der Waals surface area (Å²) in [7, 11) is -4.35. The van der Waals surface area contributed by atoms with Crippen LogP contribution in [0.25, 0.3) is 0 Å². The van der Waals surface area contributed by atoms with Gasteiger partial charge in [0, 0.05) is 11.6 Å². The van der Waals surface area contributed by atoms with E-state index in [0.29, 0.717) is 18.0 Å². The van der Waals surface area contributed by atoms with E-state index in [0.717, 1.165) is 9.87 Å². The van der Waals surface area contributed by atoms with Gasteiger partial charge in [-0.25, -0.2) is 4.31 Å². The molecule has 0 saturated carbocycles. The number of hydrogen-bond acceptors (Lipinski definition) is 4. The van der Waals surface area contributed by atoms with Gasteiger partial charge in [0.25, 0.3) is 0 Å². The molecule has 1 unspecified atom stereocenters. The number of fused-ring (bicyclic) bond motifs is 1. The molecule has 1 aliphatic rings. The van der Waals surface area contributed by atoms with Crippen LogP contribution in [0, 0.1) is 0 Å². The Bertz CT molecular complexity index is 696. The number of ether oxygens (including phenoxy) is 2. The minimum atomic E-state index is -4.35. The third-order valence-electron chi connectivity index (χ3n) is 3.82. The highest BCUT2D eigenvalue weighted by molar-refractivity contribution is 7.87. The van der Waals surface area contributed by atoms with Crippen molar-refractivity contribution in [2.45, 2.75) is 45.4 Å². The van der Waals surface area contributed by atoms with Gasteiger partial charge in [-0.1, -0.05) is 6.08 Å². The topological polar surface area (TPSA) is 76.1 Å². The molecule has 6 nitrogen and oxygen atoms in total. The zero-order valence-corrected chi connectivity index (χ0v) is 14.6. The Morgan fingerprint density at radius 2 is 2.13 bits per heavy atom. The standard InChI is InChI=1S/C16H23NO5S/c1-6-9-21-15-16(4,5)13-10-12(7-8-14(13)22-15)17(11(2)3)23(18,19)20/h6-8,10-11,15H,1,9H2,2-5H3,(H,18,19,20). The second-order valence-corrected chi connectivity index (χ2v) is 7.63. The molecule has 23 heavy (non-hydrogen) atoms. The van der Waals surface area contributed by atoms with Crippen molar-refractivity contribution in [3.05, 3.63) is 36.4 Å². The van der Waals surface area contributed by atoms with Crippen LogP contribution in [0.5, 0.6) is 5.75 Å². The minimum Gasteiger partial charge on any atom is -0.464 e.